The fourth-order valence-electron chi connectivity index (χ4n) is 1.26. The molecule has 1 rings (SSSR count). The molecule has 6 heteroatoms. The van der Waals surface area contributed by atoms with Gasteiger partial charge in [-0.25, -0.2) is 4.79 Å². The highest BCUT2D eigenvalue weighted by Crippen LogP contribution is 2.34. The van der Waals surface area contributed by atoms with Crippen LogP contribution in [-0.4, -0.2) is 36.2 Å². The van der Waals surface area contributed by atoms with Gasteiger partial charge in [0.1, 0.15) is 0 Å². The van der Waals surface area contributed by atoms with E-state index in [1.165, 1.54) is 7.11 Å². The van der Waals surface area contributed by atoms with Gasteiger partial charge in [0.15, 0.2) is 0 Å². The van der Waals surface area contributed by atoms with Gasteiger partial charge in [-0.05, 0) is 12.1 Å². The third kappa shape index (κ3) is 3.75. The first-order chi connectivity index (χ1) is 8.51. The molecule has 0 amide bonds. The molecule has 1 N–H and O–H groups in total. The molecular weight excluding hydrogens is 256 g/mol. The van der Waals surface area contributed by atoms with Gasteiger partial charge in [0.2, 0.25) is 4.93 Å². The second kappa shape index (κ2) is 6.42. The van der Waals surface area contributed by atoms with Gasteiger partial charge in [-0.1, -0.05) is 30.0 Å². The molecule has 18 heavy (non-hydrogen) atoms. The Hall–Kier alpha value is -1.53. The first-order valence-corrected chi connectivity index (χ1v) is 5.95. The van der Waals surface area contributed by atoms with Gasteiger partial charge in [0.05, 0.1) is 20.6 Å². The molecule has 0 fully saturated rings. The molecule has 0 aliphatic heterocycles. The van der Waals surface area contributed by atoms with E-state index in [-0.39, 0.29) is 0 Å². The van der Waals surface area contributed by atoms with Gasteiger partial charge >= 0.3 is 11.9 Å². The summed E-state index contributed by atoms with van der Waals surface area (Å²) in [6.07, 6.45) is -0.476. The number of benzene rings is 1. The topological polar surface area (TPSA) is 72.8 Å². The van der Waals surface area contributed by atoms with Crippen LogP contribution in [0.4, 0.5) is 0 Å². The van der Waals surface area contributed by atoms with Crippen LogP contribution in [0, 0.1) is 0 Å². The maximum Gasteiger partial charge on any atom is 0.349 e. The van der Waals surface area contributed by atoms with Crippen molar-refractivity contribution in [2.24, 2.45) is 0 Å². The predicted octanol–water partition coefficient (Wildman–Crippen LogP) is 1.20. The lowest BCUT2D eigenvalue weighted by Crippen LogP contribution is -2.38. The molecule has 0 spiro atoms. The summed E-state index contributed by atoms with van der Waals surface area (Å²) in [4.78, 5) is 21.5. The van der Waals surface area contributed by atoms with E-state index in [2.05, 4.69) is 9.47 Å². The molecule has 0 heterocycles. The second-order valence-electron chi connectivity index (χ2n) is 3.44. The summed E-state index contributed by atoms with van der Waals surface area (Å²) in [6.45, 7) is 0. The van der Waals surface area contributed by atoms with E-state index in [1.54, 1.807) is 24.3 Å². The van der Waals surface area contributed by atoms with Crippen LogP contribution in [0.3, 0.4) is 0 Å². The van der Waals surface area contributed by atoms with Gasteiger partial charge < -0.3 is 14.6 Å². The number of thioether (sulfide) groups is 1. The van der Waals surface area contributed by atoms with E-state index in [1.807, 2.05) is 6.07 Å². The average molecular weight is 270 g/mol. The van der Waals surface area contributed by atoms with Gasteiger partial charge in [0, 0.05) is 4.90 Å². The van der Waals surface area contributed by atoms with Crippen molar-refractivity contribution < 1.29 is 24.2 Å². The third-order valence-corrected chi connectivity index (χ3v) is 3.30. The molecule has 1 atom stereocenters. The van der Waals surface area contributed by atoms with Crippen molar-refractivity contribution in [1.29, 1.82) is 0 Å². The summed E-state index contributed by atoms with van der Waals surface area (Å²) in [5.41, 5.74) is 0. The summed E-state index contributed by atoms with van der Waals surface area (Å²) in [5.74, 6) is -1.58. The zero-order chi connectivity index (χ0) is 13.6. The van der Waals surface area contributed by atoms with E-state index >= 15 is 0 Å². The monoisotopic (exact) mass is 270 g/mol. The van der Waals surface area contributed by atoms with Crippen LogP contribution in [0.2, 0.25) is 0 Å². The molecule has 0 aliphatic rings. The summed E-state index contributed by atoms with van der Waals surface area (Å²) < 4.78 is 8.97. The third-order valence-electron chi connectivity index (χ3n) is 2.15. The Morgan fingerprint density at radius 1 is 1.22 bits per heavy atom. The molecule has 98 valence electrons. The summed E-state index contributed by atoms with van der Waals surface area (Å²) in [7, 11) is 2.34. The van der Waals surface area contributed by atoms with E-state index in [0.717, 1.165) is 18.9 Å². The molecule has 5 nitrogen and oxygen atoms in total. The van der Waals surface area contributed by atoms with Gasteiger partial charge in [0.25, 0.3) is 0 Å². The molecule has 0 saturated heterocycles. The van der Waals surface area contributed by atoms with Crippen LogP contribution >= 0.6 is 11.8 Å². The minimum atomic E-state index is -1.98. The second-order valence-corrected chi connectivity index (χ2v) is 4.79. The van der Waals surface area contributed by atoms with Crippen LogP contribution in [0.15, 0.2) is 35.2 Å². The number of hydrogen-bond acceptors (Lipinski definition) is 6. The number of aliphatic hydroxyl groups is 1. The lowest BCUT2D eigenvalue weighted by Gasteiger charge is -2.23. The fourth-order valence-corrected chi connectivity index (χ4v) is 2.30. The largest absolute Gasteiger partial charge is 0.469 e. The zero-order valence-corrected chi connectivity index (χ0v) is 10.9. The highest BCUT2D eigenvalue weighted by molar-refractivity contribution is 8.01. The van der Waals surface area contributed by atoms with Crippen molar-refractivity contribution in [2.75, 3.05) is 14.2 Å². The van der Waals surface area contributed by atoms with Crippen LogP contribution in [0.1, 0.15) is 6.42 Å². The van der Waals surface area contributed by atoms with Gasteiger partial charge in [-0.3, -0.25) is 4.79 Å². The minimum Gasteiger partial charge on any atom is -0.469 e. The highest BCUT2D eigenvalue weighted by Gasteiger charge is 2.41. The Balaban J connectivity index is 2.91. The molecule has 0 aliphatic carbocycles. The molecule has 1 aromatic rings. The minimum absolute atomic E-state index is 0.476. The number of carbonyl (C=O) groups is 2. The Kier molecular flexibility index (Phi) is 5.18. The number of carbonyl (C=O) groups excluding carboxylic acids is 2. The molecule has 0 saturated carbocycles. The maximum atomic E-state index is 11.6. The van der Waals surface area contributed by atoms with Crippen molar-refractivity contribution in [3.05, 3.63) is 30.3 Å². The average Bonchev–Trinajstić information content (AvgIpc) is 2.38. The molecule has 1 unspecified atom stereocenters. The number of ether oxygens (including phenoxy) is 2. The number of methoxy groups -OCH3 is 2. The molecule has 0 aromatic heterocycles. The van der Waals surface area contributed by atoms with E-state index in [0.29, 0.717) is 4.90 Å². The summed E-state index contributed by atoms with van der Waals surface area (Å²) in [6, 6.07) is 8.77. The molecular formula is C12H14O5S. The SMILES string of the molecule is COC(=O)CC(O)(Sc1ccccc1)C(=O)OC. The molecule has 0 bridgehead atoms. The Morgan fingerprint density at radius 2 is 1.83 bits per heavy atom. The number of esters is 2. The lowest BCUT2D eigenvalue weighted by molar-refractivity contribution is -0.159. The smallest absolute Gasteiger partial charge is 0.349 e. The van der Waals surface area contributed by atoms with E-state index < -0.39 is 23.3 Å². The Morgan fingerprint density at radius 3 is 2.33 bits per heavy atom. The molecule has 1 aromatic carbocycles. The van der Waals surface area contributed by atoms with Crippen LogP contribution < -0.4 is 0 Å². The maximum absolute atomic E-state index is 11.6. The van der Waals surface area contributed by atoms with Crippen molar-refractivity contribution >= 4 is 23.7 Å². The van der Waals surface area contributed by atoms with Gasteiger partial charge in [-0.15, -0.1) is 0 Å². The zero-order valence-electron chi connectivity index (χ0n) is 10.1. The van der Waals surface area contributed by atoms with Crippen molar-refractivity contribution in [1.82, 2.24) is 0 Å². The number of rotatable bonds is 5. The van der Waals surface area contributed by atoms with Crippen molar-refractivity contribution in [3.8, 4) is 0 Å². The van der Waals surface area contributed by atoms with Crippen LogP contribution in [0.5, 0.6) is 0 Å². The van der Waals surface area contributed by atoms with Gasteiger partial charge in [-0.2, -0.15) is 0 Å². The van der Waals surface area contributed by atoms with Crippen molar-refractivity contribution in [2.45, 2.75) is 16.2 Å². The lowest BCUT2D eigenvalue weighted by atomic mass is 10.2. The first kappa shape index (κ1) is 14.5. The summed E-state index contributed by atoms with van der Waals surface area (Å²) >= 11 is 0.848. The highest BCUT2D eigenvalue weighted by atomic mass is 32.2. The fraction of sp³-hybridized carbons (Fsp3) is 0.333. The predicted molar refractivity (Wildman–Crippen MR) is 65.9 cm³/mol. The molecule has 0 radical (unpaired) electrons. The number of hydrogen-bond donors (Lipinski definition) is 1. The van der Waals surface area contributed by atoms with Crippen LogP contribution in [-0.2, 0) is 19.1 Å². The van der Waals surface area contributed by atoms with Crippen LogP contribution in [0.25, 0.3) is 0 Å². The van der Waals surface area contributed by atoms with E-state index in [9.17, 15) is 14.7 Å². The first-order valence-electron chi connectivity index (χ1n) is 5.13. The Bertz CT molecular complexity index is 420. The Labute approximate surface area is 109 Å². The normalized spacial score (nSPS) is 13.5. The summed E-state index contributed by atoms with van der Waals surface area (Å²) in [5, 5.41) is 10.2. The standard InChI is InChI=1S/C12H14O5S/c1-16-10(13)8-12(15,11(14)17-2)18-9-6-4-3-5-7-9/h3-7,15H,8H2,1-2H3. The quantitative estimate of drug-likeness (QED) is 0.492. The van der Waals surface area contributed by atoms with Crippen molar-refractivity contribution in [3.63, 3.8) is 0 Å². The van der Waals surface area contributed by atoms with E-state index in [4.69, 9.17) is 0 Å².